The van der Waals surface area contributed by atoms with Gasteiger partial charge in [0.05, 0.1) is 18.8 Å². The number of aliphatic hydroxyl groups excluding tert-OH is 2. The van der Waals surface area contributed by atoms with Gasteiger partial charge in [0, 0.05) is 6.42 Å². The summed E-state index contributed by atoms with van der Waals surface area (Å²) in [6, 6.07) is -0.645. The van der Waals surface area contributed by atoms with E-state index in [1.807, 2.05) is 6.08 Å². The fraction of sp³-hybridized carbons (Fsp3) is 0.719. The first kappa shape index (κ1) is 34.4. The fourth-order valence-corrected chi connectivity index (χ4v) is 3.91. The predicted octanol–water partition coefficient (Wildman–Crippen LogP) is 8.11. The molecule has 0 radical (unpaired) electrons. The SMILES string of the molecule is CCC/C=C\CCCCCCCC(=O)NC(CO)C(O)/C=C/CC/C=C/CC/C=C/CCCCCC. The quantitative estimate of drug-likeness (QED) is 0.0870. The molecule has 4 heteroatoms. The lowest BCUT2D eigenvalue weighted by atomic mass is 10.1. The van der Waals surface area contributed by atoms with Crippen molar-refractivity contribution in [3.05, 3.63) is 48.6 Å². The predicted molar refractivity (Wildman–Crippen MR) is 156 cm³/mol. The summed E-state index contributed by atoms with van der Waals surface area (Å²) in [5.74, 6) is -0.0954. The molecule has 2 atom stereocenters. The topological polar surface area (TPSA) is 69.6 Å². The Morgan fingerprint density at radius 1 is 0.639 bits per heavy atom. The van der Waals surface area contributed by atoms with Crippen molar-refractivity contribution in [2.75, 3.05) is 6.61 Å². The van der Waals surface area contributed by atoms with Gasteiger partial charge in [0.1, 0.15) is 0 Å². The van der Waals surface area contributed by atoms with Gasteiger partial charge in [-0.05, 0) is 64.2 Å². The molecule has 0 aliphatic heterocycles. The number of allylic oxidation sites excluding steroid dienone is 7. The van der Waals surface area contributed by atoms with Gasteiger partial charge < -0.3 is 15.5 Å². The van der Waals surface area contributed by atoms with E-state index in [1.54, 1.807) is 6.08 Å². The maximum absolute atomic E-state index is 12.2. The first-order chi connectivity index (χ1) is 17.7. The Balaban J connectivity index is 3.82. The normalized spacial score (nSPS) is 14.0. The molecule has 0 rings (SSSR count). The van der Waals surface area contributed by atoms with Crippen LogP contribution in [0.2, 0.25) is 0 Å². The highest BCUT2D eigenvalue weighted by molar-refractivity contribution is 5.76. The van der Waals surface area contributed by atoms with Crippen LogP contribution in [-0.2, 0) is 4.79 Å². The first-order valence-corrected chi connectivity index (χ1v) is 14.9. The second-order valence-electron chi connectivity index (χ2n) is 9.79. The van der Waals surface area contributed by atoms with E-state index in [2.05, 4.69) is 55.6 Å². The Hall–Kier alpha value is -1.65. The van der Waals surface area contributed by atoms with Gasteiger partial charge in [0.25, 0.3) is 0 Å². The average molecular weight is 504 g/mol. The van der Waals surface area contributed by atoms with Crippen molar-refractivity contribution in [1.82, 2.24) is 5.32 Å². The molecule has 0 saturated heterocycles. The Morgan fingerprint density at radius 3 is 1.72 bits per heavy atom. The molecule has 0 heterocycles. The van der Waals surface area contributed by atoms with E-state index in [4.69, 9.17) is 0 Å². The zero-order valence-electron chi connectivity index (χ0n) is 23.5. The maximum atomic E-state index is 12.2. The minimum atomic E-state index is -0.869. The van der Waals surface area contributed by atoms with Gasteiger partial charge in [-0.3, -0.25) is 4.79 Å². The number of amides is 1. The Bertz CT molecular complexity index is 594. The highest BCUT2D eigenvalue weighted by Crippen LogP contribution is 2.09. The van der Waals surface area contributed by atoms with E-state index in [1.165, 1.54) is 57.8 Å². The number of carbonyl (C=O) groups excluding carboxylic acids is 1. The third-order valence-electron chi connectivity index (χ3n) is 6.24. The smallest absolute Gasteiger partial charge is 0.220 e. The largest absolute Gasteiger partial charge is 0.394 e. The third kappa shape index (κ3) is 24.1. The second kappa shape index (κ2) is 27.9. The minimum Gasteiger partial charge on any atom is -0.394 e. The molecule has 3 N–H and O–H groups in total. The van der Waals surface area contributed by atoms with Crippen LogP contribution in [-0.4, -0.2) is 34.9 Å². The van der Waals surface area contributed by atoms with Gasteiger partial charge in [0.2, 0.25) is 5.91 Å². The molecular weight excluding hydrogens is 446 g/mol. The average Bonchev–Trinajstić information content (AvgIpc) is 2.88. The van der Waals surface area contributed by atoms with Crippen LogP contribution in [0.25, 0.3) is 0 Å². The second-order valence-corrected chi connectivity index (χ2v) is 9.79. The zero-order chi connectivity index (χ0) is 26.5. The maximum Gasteiger partial charge on any atom is 0.220 e. The lowest BCUT2D eigenvalue weighted by molar-refractivity contribution is -0.123. The summed E-state index contributed by atoms with van der Waals surface area (Å²) < 4.78 is 0. The summed E-state index contributed by atoms with van der Waals surface area (Å²) in [4.78, 5) is 12.2. The van der Waals surface area contributed by atoms with Crippen LogP contribution in [0.5, 0.6) is 0 Å². The Labute approximate surface area is 223 Å². The zero-order valence-corrected chi connectivity index (χ0v) is 23.5. The molecule has 0 bridgehead atoms. The molecule has 0 aromatic carbocycles. The van der Waals surface area contributed by atoms with Crippen molar-refractivity contribution < 1.29 is 15.0 Å². The number of aliphatic hydroxyl groups is 2. The number of hydrogen-bond acceptors (Lipinski definition) is 3. The van der Waals surface area contributed by atoms with E-state index in [-0.39, 0.29) is 12.5 Å². The van der Waals surface area contributed by atoms with Gasteiger partial charge >= 0.3 is 0 Å². The van der Waals surface area contributed by atoms with Crippen molar-refractivity contribution in [3.8, 4) is 0 Å². The van der Waals surface area contributed by atoms with Gasteiger partial charge in [-0.2, -0.15) is 0 Å². The van der Waals surface area contributed by atoms with Crippen LogP contribution in [0.15, 0.2) is 48.6 Å². The number of rotatable bonds is 25. The molecule has 0 aromatic heterocycles. The van der Waals surface area contributed by atoms with E-state index in [0.29, 0.717) is 6.42 Å². The monoisotopic (exact) mass is 503 g/mol. The third-order valence-corrected chi connectivity index (χ3v) is 6.24. The Kier molecular flexibility index (Phi) is 26.6. The molecule has 0 fully saturated rings. The summed E-state index contributed by atoms with van der Waals surface area (Å²) in [5.41, 5.74) is 0. The molecule has 0 spiro atoms. The lowest BCUT2D eigenvalue weighted by Gasteiger charge is -2.19. The van der Waals surface area contributed by atoms with E-state index in [0.717, 1.165) is 51.4 Å². The molecule has 0 saturated carbocycles. The molecule has 0 aromatic rings. The molecule has 1 amide bonds. The van der Waals surface area contributed by atoms with Crippen molar-refractivity contribution in [3.63, 3.8) is 0 Å². The van der Waals surface area contributed by atoms with Crippen LogP contribution in [0.3, 0.4) is 0 Å². The van der Waals surface area contributed by atoms with Gasteiger partial charge in [-0.15, -0.1) is 0 Å². The Morgan fingerprint density at radius 2 is 1.14 bits per heavy atom. The first-order valence-electron chi connectivity index (χ1n) is 14.9. The van der Waals surface area contributed by atoms with E-state index >= 15 is 0 Å². The number of carbonyl (C=O) groups is 1. The van der Waals surface area contributed by atoms with Gasteiger partial charge in [-0.1, -0.05) is 107 Å². The summed E-state index contributed by atoms with van der Waals surface area (Å²) in [7, 11) is 0. The fourth-order valence-electron chi connectivity index (χ4n) is 3.91. The van der Waals surface area contributed by atoms with Gasteiger partial charge in [0.15, 0.2) is 0 Å². The summed E-state index contributed by atoms with van der Waals surface area (Å²) in [6.45, 7) is 4.16. The van der Waals surface area contributed by atoms with Crippen molar-refractivity contribution >= 4 is 5.91 Å². The van der Waals surface area contributed by atoms with Gasteiger partial charge in [-0.25, -0.2) is 0 Å². The molecule has 36 heavy (non-hydrogen) atoms. The summed E-state index contributed by atoms with van der Waals surface area (Å²) in [5, 5.41) is 22.7. The van der Waals surface area contributed by atoms with Crippen LogP contribution in [0, 0.1) is 0 Å². The van der Waals surface area contributed by atoms with Crippen molar-refractivity contribution in [2.24, 2.45) is 0 Å². The molecule has 4 nitrogen and oxygen atoms in total. The number of nitrogens with one attached hydrogen (secondary N) is 1. The van der Waals surface area contributed by atoms with E-state index in [9.17, 15) is 15.0 Å². The van der Waals surface area contributed by atoms with Crippen LogP contribution in [0.4, 0.5) is 0 Å². The molecule has 0 aliphatic rings. The molecular formula is C32H57NO3. The van der Waals surface area contributed by atoms with E-state index < -0.39 is 12.1 Å². The molecule has 208 valence electrons. The summed E-state index contributed by atoms with van der Waals surface area (Å²) >= 11 is 0. The number of hydrogen-bond donors (Lipinski definition) is 3. The lowest BCUT2D eigenvalue weighted by Crippen LogP contribution is -2.45. The molecule has 2 unspecified atom stereocenters. The van der Waals surface area contributed by atoms with Crippen molar-refractivity contribution in [1.29, 1.82) is 0 Å². The minimum absolute atomic E-state index is 0.0954. The van der Waals surface area contributed by atoms with Crippen LogP contribution in [0.1, 0.15) is 129 Å². The highest BCUT2D eigenvalue weighted by atomic mass is 16.3. The van der Waals surface area contributed by atoms with Crippen LogP contribution < -0.4 is 5.32 Å². The summed E-state index contributed by atoms with van der Waals surface area (Å²) in [6.07, 6.45) is 36.1. The number of unbranched alkanes of at least 4 members (excludes halogenated alkanes) is 12. The van der Waals surface area contributed by atoms with Crippen molar-refractivity contribution in [2.45, 2.75) is 142 Å². The van der Waals surface area contributed by atoms with Crippen LogP contribution >= 0.6 is 0 Å². The molecule has 0 aliphatic carbocycles. The standard InChI is InChI=1S/C32H57NO3/c1-3-5-7-9-11-13-15-16-17-18-19-21-23-25-27-31(35)30(29-34)33-32(36)28-26-24-22-20-14-12-10-8-6-4-2/h8,10,13,15,18-19,25,27,30-31,34-35H,3-7,9,11-12,14,16-17,20-24,26,28-29H2,1-2H3,(H,33,36)/b10-8-,15-13+,19-18+,27-25+. The highest BCUT2D eigenvalue weighted by Gasteiger charge is 2.17.